The molecule has 0 aliphatic carbocycles. The number of benzene rings is 1. The van der Waals surface area contributed by atoms with Crippen LogP contribution in [-0.2, 0) is 0 Å². The summed E-state index contributed by atoms with van der Waals surface area (Å²) < 4.78 is 0. The third-order valence-corrected chi connectivity index (χ3v) is 4.18. The van der Waals surface area contributed by atoms with Gasteiger partial charge in [0.15, 0.2) is 5.72 Å². The van der Waals surface area contributed by atoms with Crippen LogP contribution in [-0.4, -0.2) is 26.5 Å². The van der Waals surface area contributed by atoms with Gasteiger partial charge in [0.1, 0.15) is 4.99 Å². The number of thiocarbonyl (C=S) groups is 1. The fourth-order valence-electron chi connectivity index (χ4n) is 2.69. The van der Waals surface area contributed by atoms with Gasteiger partial charge in [0.2, 0.25) is 0 Å². The number of rotatable bonds is 3. The van der Waals surface area contributed by atoms with Crippen molar-refractivity contribution in [3.05, 3.63) is 35.9 Å². The van der Waals surface area contributed by atoms with E-state index in [4.69, 9.17) is 12.2 Å². The minimum atomic E-state index is -1.05. The predicted octanol–water partition coefficient (Wildman–Crippen LogP) is 3.42. The van der Waals surface area contributed by atoms with Crippen molar-refractivity contribution in [1.29, 1.82) is 0 Å². The van der Waals surface area contributed by atoms with E-state index in [9.17, 15) is 5.11 Å². The van der Waals surface area contributed by atoms with E-state index in [0.29, 0.717) is 10.9 Å². The molecular formula is C16H22N2OS. The lowest BCUT2D eigenvalue weighted by Gasteiger charge is -2.34. The van der Waals surface area contributed by atoms with Crippen LogP contribution >= 0.6 is 12.2 Å². The Bertz CT molecular complexity index is 523. The zero-order valence-corrected chi connectivity index (χ0v) is 13.3. The molecule has 0 fully saturated rings. The van der Waals surface area contributed by atoms with Crippen LogP contribution in [0, 0.1) is 11.8 Å². The first-order chi connectivity index (χ1) is 9.34. The first kappa shape index (κ1) is 15.1. The van der Waals surface area contributed by atoms with Crippen LogP contribution in [0.5, 0.6) is 0 Å². The molecule has 0 spiro atoms. The van der Waals surface area contributed by atoms with Crippen LogP contribution in [0.4, 0.5) is 0 Å². The van der Waals surface area contributed by atoms with E-state index in [1.54, 1.807) is 11.9 Å². The molecule has 0 amide bonds. The number of hydrazone groups is 1. The van der Waals surface area contributed by atoms with Crippen LogP contribution in [0.1, 0.15) is 39.7 Å². The number of aliphatic hydroxyl groups is 1. The SMILES string of the molecule is CC1=NN(C(=S)c2ccccc2)[C@](C)(O)[C@H]1CC(C)C. The monoisotopic (exact) mass is 290 g/mol. The van der Waals surface area contributed by atoms with E-state index >= 15 is 0 Å². The molecule has 1 heterocycles. The van der Waals surface area contributed by atoms with E-state index in [2.05, 4.69) is 18.9 Å². The topological polar surface area (TPSA) is 35.8 Å². The third kappa shape index (κ3) is 2.76. The molecule has 0 radical (unpaired) electrons. The Hall–Kier alpha value is -1.26. The summed E-state index contributed by atoms with van der Waals surface area (Å²) in [5.74, 6) is 0.519. The maximum atomic E-state index is 10.9. The van der Waals surface area contributed by atoms with Gasteiger partial charge in [0.05, 0.1) is 0 Å². The van der Waals surface area contributed by atoms with Gasteiger partial charge < -0.3 is 5.11 Å². The average Bonchev–Trinajstić information content (AvgIpc) is 2.62. The van der Waals surface area contributed by atoms with Crippen LogP contribution in [0.25, 0.3) is 0 Å². The third-order valence-electron chi connectivity index (χ3n) is 3.77. The second-order valence-electron chi connectivity index (χ2n) is 6.00. The minimum absolute atomic E-state index is 0.0177. The largest absolute Gasteiger partial charge is 0.369 e. The lowest BCUT2D eigenvalue weighted by atomic mass is 9.86. The number of hydrogen-bond donors (Lipinski definition) is 1. The van der Waals surface area contributed by atoms with Crippen molar-refractivity contribution < 1.29 is 5.11 Å². The second-order valence-corrected chi connectivity index (χ2v) is 6.39. The Morgan fingerprint density at radius 2 is 2.00 bits per heavy atom. The summed E-state index contributed by atoms with van der Waals surface area (Å²) in [5, 5.41) is 17.0. The molecule has 0 bridgehead atoms. The molecule has 0 aromatic heterocycles. The van der Waals surface area contributed by atoms with Crippen molar-refractivity contribution in [2.24, 2.45) is 16.9 Å². The first-order valence-electron chi connectivity index (χ1n) is 7.01. The summed E-state index contributed by atoms with van der Waals surface area (Å²) in [6.45, 7) is 8.08. The molecular weight excluding hydrogens is 268 g/mol. The maximum Gasteiger partial charge on any atom is 0.164 e. The van der Waals surface area contributed by atoms with Crippen molar-refractivity contribution >= 4 is 22.9 Å². The first-order valence-corrected chi connectivity index (χ1v) is 7.42. The zero-order chi connectivity index (χ0) is 14.9. The average molecular weight is 290 g/mol. The quantitative estimate of drug-likeness (QED) is 0.866. The standard InChI is InChI=1S/C16H22N2OS/c1-11(2)10-14-12(3)17-18(16(14,4)19)15(20)13-8-6-5-7-9-13/h5-9,11,14,19H,10H2,1-4H3/t14-,16+/m0/s1. The fraction of sp³-hybridized carbons (Fsp3) is 0.500. The molecule has 20 heavy (non-hydrogen) atoms. The van der Waals surface area contributed by atoms with Gasteiger partial charge in [-0.2, -0.15) is 5.10 Å². The Kier molecular flexibility index (Phi) is 4.25. The van der Waals surface area contributed by atoms with Gasteiger partial charge in [-0.15, -0.1) is 0 Å². The van der Waals surface area contributed by atoms with E-state index < -0.39 is 5.72 Å². The van der Waals surface area contributed by atoms with Gasteiger partial charge in [0, 0.05) is 17.2 Å². The van der Waals surface area contributed by atoms with Crippen LogP contribution < -0.4 is 0 Å². The van der Waals surface area contributed by atoms with Crippen molar-refractivity contribution in [1.82, 2.24) is 5.01 Å². The van der Waals surface area contributed by atoms with E-state index in [1.807, 2.05) is 37.3 Å². The predicted molar refractivity (Wildman–Crippen MR) is 86.7 cm³/mol. The van der Waals surface area contributed by atoms with Gasteiger partial charge >= 0.3 is 0 Å². The van der Waals surface area contributed by atoms with Crippen LogP contribution in [0.15, 0.2) is 35.4 Å². The second kappa shape index (κ2) is 5.62. The van der Waals surface area contributed by atoms with Gasteiger partial charge in [-0.25, -0.2) is 5.01 Å². The highest BCUT2D eigenvalue weighted by Crippen LogP contribution is 2.36. The highest BCUT2D eigenvalue weighted by molar-refractivity contribution is 7.80. The van der Waals surface area contributed by atoms with E-state index in [-0.39, 0.29) is 5.92 Å². The molecule has 3 nitrogen and oxygen atoms in total. The van der Waals surface area contributed by atoms with E-state index in [0.717, 1.165) is 17.7 Å². The van der Waals surface area contributed by atoms with Crippen molar-refractivity contribution in [3.63, 3.8) is 0 Å². The molecule has 1 aromatic carbocycles. The molecule has 1 aliphatic heterocycles. The summed E-state index contributed by atoms with van der Waals surface area (Å²) in [6.07, 6.45) is 0.899. The van der Waals surface area contributed by atoms with Crippen molar-refractivity contribution in [2.75, 3.05) is 0 Å². The summed E-state index contributed by atoms with van der Waals surface area (Å²) in [7, 11) is 0. The molecule has 1 aliphatic rings. The Balaban J connectivity index is 2.28. The minimum Gasteiger partial charge on any atom is -0.369 e. The normalized spacial score (nSPS) is 26.0. The Morgan fingerprint density at radius 1 is 1.40 bits per heavy atom. The van der Waals surface area contributed by atoms with Crippen molar-refractivity contribution in [3.8, 4) is 0 Å². The molecule has 0 unspecified atom stereocenters. The summed E-state index contributed by atoms with van der Waals surface area (Å²) >= 11 is 5.51. The fourth-order valence-corrected chi connectivity index (χ4v) is 3.05. The van der Waals surface area contributed by atoms with Gasteiger partial charge in [0.25, 0.3) is 0 Å². The van der Waals surface area contributed by atoms with Crippen LogP contribution in [0.2, 0.25) is 0 Å². The smallest absolute Gasteiger partial charge is 0.164 e. The molecule has 2 rings (SSSR count). The molecule has 0 saturated heterocycles. The molecule has 1 N–H and O–H groups in total. The molecule has 0 saturated carbocycles. The van der Waals surface area contributed by atoms with Gasteiger partial charge in [-0.1, -0.05) is 56.4 Å². The maximum absolute atomic E-state index is 10.9. The summed E-state index contributed by atoms with van der Waals surface area (Å²) in [6, 6.07) is 9.71. The van der Waals surface area contributed by atoms with Crippen LogP contribution in [0.3, 0.4) is 0 Å². The summed E-state index contributed by atoms with van der Waals surface area (Å²) in [5.41, 5.74) is 0.799. The Morgan fingerprint density at radius 3 is 2.55 bits per heavy atom. The number of hydrogen-bond acceptors (Lipinski definition) is 3. The lowest BCUT2D eigenvalue weighted by Crippen LogP contribution is -2.48. The van der Waals surface area contributed by atoms with Gasteiger partial charge in [-0.05, 0) is 26.2 Å². The zero-order valence-electron chi connectivity index (χ0n) is 12.5. The van der Waals surface area contributed by atoms with E-state index in [1.165, 1.54) is 0 Å². The molecule has 4 heteroatoms. The summed E-state index contributed by atoms with van der Waals surface area (Å²) in [4.78, 5) is 0.571. The molecule has 108 valence electrons. The van der Waals surface area contributed by atoms with Gasteiger partial charge in [-0.3, -0.25) is 0 Å². The Labute approximate surface area is 126 Å². The lowest BCUT2D eigenvalue weighted by molar-refractivity contribution is -0.0681. The highest BCUT2D eigenvalue weighted by atomic mass is 32.1. The van der Waals surface area contributed by atoms with Crippen molar-refractivity contribution in [2.45, 2.75) is 39.8 Å². The molecule has 1 aromatic rings. The number of nitrogens with zero attached hydrogens (tertiary/aromatic N) is 2. The molecule has 2 atom stereocenters. The highest BCUT2D eigenvalue weighted by Gasteiger charge is 2.46.